The number of rotatable bonds is 6. The van der Waals surface area contributed by atoms with Gasteiger partial charge in [-0.15, -0.1) is 0 Å². The van der Waals surface area contributed by atoms with Gasteiger partial charge in [-0.3, -0.25) is 14.2 Å². The van der Waals surface area contributed by atoms with Crippen molar-refractivity contribution in [3.8, 4) is 0 Å². The minimum atomic E-state index is -0.822. The quantitative estimate of drug-likeness (QED) is 0.613. The number of carbonyl (C=O) groups is 1. The first kappa shape index (κ1) is 21.8. The molecule has 0 bridgehead atoms. The molecule has 3 aromatic rings. The molecule has 1 saturated heterocycles. The van der Waals surface area contributed by atoms with Gasteiger partial charge in [-0.05, 0) is 48.7 Å². The van der Waals surface area contributed by atoms with E-state index in [1.54, 1.807) is 24.3 Å². The van der Waals surface area contributed by atoms with E-state index in [1.165, 1.54) is 4.57 Å². The zero-order valence-corrected chi connectivity index (χ0v) is 18.3. The van der Waals surface area contributed by atoms with E-state index in [9.17, 15) is 19.5 Å². The molecule has 1 aliphatic heterocycles. The third-order valence-corrected chi connectivity index (χ3v) is 6.38. The summed E-state index contributed by atoms with van der Waals surface area (Å²) in [6.45, 7) is 1.75. The Balaban J connectivity index is 1.48. The number of aliphatic carboxylic acids is 1. The number of hydrogen-bond acceptors (Lipinski definition) is 5. The van der Waals surface area contributed by atoms with E-state index in [4.69, 9.17) is 0 Å². The van der Waals surface area contributed by atoms with Crippen LogP contribution in [0.3, 0.4) is 0 Å². The molecule has 0 aliphatic carbocycles. The van der Waals surface area contributed by atoms with Crippen LogP contribution in [0, 0.1) is 5.92 Å². The van der Waals surface area contributed by atoms with Gasteiger partial charge in [0.15, 0.2) is 0 Å². The van der Waals surface area contributed by atoms with Crippen molar-refractivity contribution in [2.75, 3.05) is 38.6 Å². The highest BCUT2D eigenvalue weighted by atomic mass is 16.4. The van der Waals surface area contributed by atoms with Crippen LogP contribution >= 0.6 is 0 Å². The first-order valence-electron chi connectivity index (χ1n) is 10.8. The number of likely N-dealkylation sites (tertiary alicyclic amines) is 1. The van der Waals surface area contributed by atoms with Crippen molar-refractivity contribution in [3.63, 3.8) is 0 Å². The van der Waals surface area contributed by atoms with Crippen LogP contribution in [0.5, 0.6) is 0 Å². The number of nitrogens with one attached hydrogen (secondary N) is 1. The number of piperidine rings is 1. The minimum absolute atomic E-state index is 0.0632. The molecule has 1 fully saturated rings. The second-order valence-electron chi connectivity index (χ2n) is 8.56. The largest absolute Gasteiger partial charge is 0.481 e. The molecule has 4 rings (SSSR count). The molecule has 2 atom stereocenters. The average Bonchev–Trinajstić information content (AvgIpc) is 2.79. The van der Waals surface area contributed by atoms with Crippen LogP contribution in [-0.2, 0) is 11.3 Å². The van der Waals surface area contributed by atoms with Crippen LogP contribution in [0.25, 0.3) is 10.9 Å². The van der Waals surface area contributed by atoms with Crippen LogP contribution in [0.2, 0.25) is 0 Å². The molecule has 2 aromatic carbocycles. The fourth-order valence-corrected chi connectivity index (χ4v) is 4.53. The second-order valence-corrected chi connectivity index (χ2v) is 8.56. The molecule has 8 heteroatoms. The van der Waals surface area contributed by atoms with E-state index in [0.717, 1.165) is 11.3 Å². The number of benzene rings is 2. The van der Waals surface area contributed by atoms with E-state index in [1.807, 2.05) is 48.2 Å². The van der Waals surface area contributed by atoms with Gasteiger partial charge in [-0.1, -0.05) is 24.3 Å². The molecule has 0 saturated carbocycles. The van der Waals surface area contributed by atoms with E-state index in [2.05, 4.69) is 4.98 Å². The lowest BCUT2D eigenvalue weighted by Gasteiger charge is -2.37. The molecule has 0 radical (unpaired) electrons. The van der Waals surface area contributed by atoms with Gasteiger partial charge in [0.2, 0.25) is 0 Å². The summed E-state index contributed by atoms with van der Waals surface area (Å²) in [5.74, 6) is -1.43. The summed E-state index contributed by atoms with van der Waals surface area (Å²) in [4.78, 5) is 44.0. The van der Waals surface area contributed by atoms with Gasteiger partial charge in [0, 0.05) is 39.4 Å². The third kappa shape index (κ3) is 4.31. The Bertz CT molecular complexity index is 1230. The monoisotopic (exact) mass is 436 g/mol. The van der Waals surface area contributed by atoms with Crippen molar-refractivity contribution in [2.24, 2.45) is 5.92 Å². The lowest BCUT2D eigenvalue weighted by Crippen LogP contribution is -2.46. The van der Waals surface area contributed by atoms with Crippen molar-refractivity contribution in [1.82, 2.24) is 14.5 Å². The molecule has 0 amide bonds. The summed E-state index contributed by atoms with van der Waals surface area (Å²) in [7, 11) is 3.94. The van der Waals surface area contributed by atoms with Gasteiger partial charge in [0.05, 0.1) is 16.8 Å². The van der Waals surface area contributed by atoms with Crippen LogP contribution < -0.4 is 16.1 Å². The van der Waals surface area contributed by atoms with E-state index < -0.39 is 17.6 Å². The lowest BCUT2D eigenvalue weighted by molar-refractivity contribution is -0.144. The Morgan fingerprint density at radius 3 is 2.50 bits per heavy atom. The van der Waals surface area contributed by atoms with Gasteiger partial charge >= 0.3 is 11.7 Å². The van der Waals surface area contributed by atoms with Gasteiger partial charge in [0.1, 0.15) is 0 Å². The summed E-state index contributed by atoms with van der Waals surface area (Å²) >= 11 is 0. The molecule has 168 valence electrons. The fourth-order valence-electron chi connectivity index (χ4n) is 4.53. The third-order valence-electron chi connectivity index (χ3n) is 6.38. The summed E-state index contributed by atoms with van der Waals surface area (Å²) in [6, 6.07) is 15.0. The Morgan fingerprint density at radius 1 is 1.09 bits per heavy atom. The Kier molecular flexibility index (Phi) is 6.14. The van der Waals surface area contributed by atoms with Gasteiger partial charge < -0.3 is 19.9 Å². The van der Waals surface area contributed by atoms with Crippen LogP contribution in [0.4, 0.5) is 5.69 Å². The second kappa shape index (κ2) is 9.00. The number of hydrogen-bond donors (Lipinski definition) is 2. The van der Waals surface area contributed by atoms with Gasteiger partial charge in [-0.25, -0.2) is 4.79 Å². The van der Waals surface area contributed by atoms with Crippen molar-refractivity contribution in [2.45, 2.75) is 18.9 Å². The van der Waals surface area contributed by atoms with Crippen LogP contribution in [0.15, 0.2) is 58.1 Å². The highest BCUT2D eigenvalue weighted by Gasteiger charge is 2.35. The Hall–Kier alpha value is -3.39. The number of aromatic amines is 1. The molecule has 2 unspecified atom stereocenters. The first-order chi connectivity index (χ1) is 15.3. The molecule has 0 spiro atoms. The number of fused-ring (bicyclic) bond motifs is 1. The molecule has 1 aliphatic rings. The molecule has 1 aromatic heterocycles. The average molecular weight is 437 g/mol. The minimum Gasteiger partial charge on any atom is -0.481 e. The number of carboxylic acid groups (broad SMARTS) is 1. The van der Waals surface area contributed by atoms with E-state index in [0.29, 0.717) is 37.0 Å². The maximum atomic E-state index is 12.7. The summed E-state index contributed by atoms with van der Waals surface area (Å²) in [6.07, 6.45) is 0.710. The van der Waals surface area contributed by atoms with Crippen LogP contribution in [0.1, 0.15) is 17.9 Å². The summed E-state index contributed by atoms with van der Waals surface area (Å²) in [5, 5.41) is 10.3. The number of para-hydroxylation sites is 1. The number of carboxylic acids is 1. The standard InChI is InChI=1S/C24H28N4O4/c1-26(2)17-9-7-16(8-10-17)18-11-12-27(15-20(18)23(30)31)13-14-28-22(29)19-5-3-4-6-21(19)25-24(28)32/h3-10,18,20H,11-15H2,1-2H3,(H,25,32)(H,30,31). The summed E-state index contributed by atoms with van der Waals surface area (Å²) < 4.78 is 1.20. The smallest absolute Gasteiger partial charge is 0.328 e. The molecular weight excluding hydrogens is 408 g/mol. The van der Waals surface area contributed by atoms with Crippen molar-refractivity contribution < 1.29 is 9.90 Å². The molecular formula is C24H28N4O4. The first-order valence-corrected chi connectivity index (χ1v) is 10.8. The topological polar surface area (TPSA) is 98.6 Å². The Morgan fingerprint density at radius 2 is 1.81 bits per heavy atom. The molecule has 32 heavy (non-hydrogen) atoms. The maximum absolute atomic E-state index is 12.7. The molecule has 2 N–H and O–H groups in total. The van der Waals surface area contributed by atoms with E-state index >= 15 is 0 Å². The fraction of sp³-hybridized carbons (Fsp3) is 0.375. The van der Waals surface area contributed by atoms with Crippen molar-refractivity contribution >= 4 is 22.6 Å². The summed E-state index contributed by atoms with van der Waals surface area (Å²) in [5.41, 5.74) is 1.86. The number of aromatic nitrogens is 2. The van der Waals surface area contributed by atoms with Crippen LogP contribution in [-0.4, -0.2) is 59.3 Å². The number of H-pyrrole nitrogens is 1. The maximum Gasteiger partial charge on any atom is 0.328 e. The molecule has 8 nitrogen and oxygen atoms in total. The predicted molar refractivity (Wildman–Crippen MR) is 125 cm³/mol. The van der Waals surface area contributed by atoms with Gasteiger partial charge in [0.25, 0.3) is 5.56 Å². The predicted octanol–water partition coefficient (Wildman–Crippen LogP) is 1.95. The highest BCUT2D eigenvalue weighted by molar-refractivity contribution is 5.76. The highest BCUT2D eigenvalue weighted by Crippen LogP contribution is 2.34. The molecule has 2 heterocycles. The van der Waals surface area contributed by atoms with E-state index in [-0.39, 0.29) is 18.0 Å². The zero-order valence-electron chi connectivity index (χ0n) is 18.3. The SMILES string of the molecule is CN(C)c1ccc(C2CCN(CCn3c(=O)[nH]c4ccccc4c3=O)CC2C(=O)O)cc1. The van der Waals surface area contributed by atoms with Crippen molar-refractivity contribution in [3.05, 3.63) is 74.9 Å². The lowest BCUT2D eigenvalue weighted by atomic mass is 9.80. The van der Waals surface area contributed by atoms with Gasteiger partial charge in [-0.2, -0.15) is 0 Å². The number of anilines is 1. The van der Waals surface area contributed by atoms with Crippen molar-refractivity contribution in [1.29, 1.82) is 0 Å². The number of nitrogens with zero attached hydrogens (tertiary/aromatic N) is 3. The normalized spacial score (nSPS) is 19.2. The zero-order chi connectivity index (χ0) is 22.8. The Labute approximate surface area is 185 Å².